The second-order valence-corrected chi connectivity index (χ2v) is 8.65. The van der Waals surface area contributed by atoms with Crippen LogP contribution in [0, 0.1) is 0 Å². The van der Waals surface area contributed by atoms with Gasteiger partial charge in [0.15, 0.2) is 5.78 Å². The zero-order chi connectivity index (χ0) is 19.7. The highest BCUT2D eigenvalue weighted by molar-refractivity contribution is 5.94. The number of nitrogens with zero attached hydrogens (tertiary/aromatic N) is 1. The van der Waals surface area contributed by atoms with E-state index in [0.717, 1.165) is 18.4 Å². The number of hydrogen-bond donors (Lipinski definition) is 1. The molecule has 0 spiro atoms. The van der Waals surface area contributed by atoms with E-state index in [9.17, 15) is 9.59 Å². The minimum atomic E-state index is -0.220. The van der Waals surface area contributed by atoms with E-state index < -0.39 is 0 Å². The maximum absolute atomic E-state index is 11.5. The SMILES string of the molecule is CC(=O)NC1CC(C)(C)N(OC(C)c2ccc(C(C)=O)cc2)C(C)(C)C1. The topological polar surface area (TPSA) is 58.6 Å². The van der Waals surface area contributed by atoms with E-state index in [4.69, 9.17) is 4.84 Å². The van der Waals surface area contributed by atoms with Gasteiger partial charge in [0.05, 0.1) is 0 Å². The zero-order valence-corrected chi connectivity index (χ0v) is 17.1. The molecule has 0 bridgehead atoms. The minimum Gasteiger partial charge on any atom is -0.353 e. The van der Waals surface area contributed by atoms with Gasteiger partial charge in [-0.2, -0.15) is 5.06 Å². The van der Waals surface area contributed by atoms with E-state index in [0.29, 0.717) is 5.56 Å². The summed E-state index contributed by atoms with van der Waals surface area (Å²) in [6.45, 7) is 13.7. The number of rotatable bonds is 5. The zero-order valence-electron chi connectivity index (χ0n) is 17.1. The maximum Gasteiger partial charge on any atom is 0.217 e. The van der Waals surface area contributed by atoms with Crippen LogP contribution in [0.1, 0.15) is 83.3 Å². The highest BCUT2D eigenvalue weighted by Crippen LogP contribution is 2.40. The normalized spacial score (nSPS) is 21.2. The van der Waals surface area contributed by atoms with Gasteiger partial charge in [0.25, 0.3) is 0 Å². The molecule has 1 unspecified atom stereocenters. The second-order valence-electron chi connectivity index (χ2n) is 8.65. The molecule has 26 heavy (non-hydrogen) atoms. The van der Waals surface area contributed by atoms with Crippen molar-refractivity contribution in [3.05, 3.63) is 35.4 Å². The Morgan fingerprint density at radius 3 is 2.00 bits per heavy atom. The maximum atomic E-state index is 11.5. The lowest BCUT2D eigenvalue weighted by Gasteiger charge is -2.54. The molecule has 1 aliphatic heterocycles. The van der Waals surface area contributed by atoms with Gasteiger partial charge in [0.2, 0.25) is 5.91 Å². The van der Waals surface area contributed by atoms with Gasteiger partial charge < -0.3 is 5.32 Å². The molecule has 1 heterocycles. The second kappa shape index (κ2) is 7.49. The number of Topliss-reactive ketones (excluding diaryl/α,β-unsaturated/α-hetero) is 1. The summed E-state index contributed by atoms with van der Waals surface area (Å²) < 4.78 is 0. The Labute approximate surface area is 157 Å². The third kappa shape index (κ3) is 4.71. The van der Waals surface area contributed by atoms with Crippen molar-refractivity contribution in [2.75, 3.05) is 0 Å². The van der Waals surface area contributed by atoms with Crippen LogP contribution in [-0.4, -0.2) is 33.9 Å². The quantitative estimate of drug-likeness (QED) is 0.805. The summed E-state index contributed by atoms with van der Waals surface area (Å²) in [5.41, 5.74) is 1.30. The van der Waals surface area contributed by atoms with E-state index in [1.54, 1.807) is 13.8 Å². The van der Waals surface area contributed by atoms with Crippen LogP contribution in [0.25, 0.3) is 0 Å². The third-order valence-electron chi connectivity index (χ3n) is 5.05. The molecule has 2 rings (SSSR count). The van der Waals surface area contributed by atoms with Crippen LogP contribution >= 0.6 is 0 Å². The molecule has 144 valence electrons. The number of hydroxylamine groups is 2. The van der Waals surface area contributed by atoms with Crippen LogP contribution in [0.15, 0.2) is 24.3 Å². The highest BCUT2D eigenvalue weighted by Gasteiger charge is 2.47. The lowest BCUT2D eigenvalue weighted by molar-refractivity contribution is -0.306. The predicted molar refractivity (Wildman–Crippen MR) is 103 cm³/mol. The summed E-state index contributed by atoms with van der Waals surface area (Å²) in [4.78, 5) is 29.3. The molecule has 1 fully saturated rings. The first-order chi connectivity index (χ1) is 11.9. The largest absolute Gasteiger partial charge is 0.353 e. The van der Waals surface area contributed by atoms with Gasteiger partial charge in [-0.25, -0.2) is 0 Å². The van der Waals surface area contributed by atoms with Crippen molar-refractivity contribution in [2.24, 2.45) is 0 Å². The molecule has 1 atom stereocenters. The van der Waals surface area contributed by atoms with Gasteiger partial charge in [-0.05, 0) is 59.9 Å². The Kier molecular flexibility index (Phi) is 5.93. The van der Waals surface area contributed by atoms with E-state index in [1.165, 1.54) is 0 Å². The van der Waals surface area contributed by atoms with Gasteiger partial charge in [-0.1, -0.05) is 24.3 Å². The molecule has 5 heteroatoms. The number of carbonyl (C=O) groups is 2. The number of benzene rings is 1. The molecule has 1 aliphatic rings. The average Bonchev–Trinajstić information content (AvgIpc) is 2.49. The lowest BCUT2D eigenvalue weighted by atomic mass is 9.79. The molecule has 0 aliphatic carbocycles. The average molecular weight is 360 g/mol. The third-order valence-corrected chi connectivity index (χ3v) is 5.05. The van der Waals surface area contributed by atoms with Crippen LogP contribution in [0.3, 0.4) is 0 Å². The van der Waals surface area contributed by atoms with E-state index >= 15 is 0 Å². The molecule has 0 radical (unpaired) electrons. The van der Waals surface area contributed by atoms with Gasteiger partial charge in [0.1, 0.15) is 6.10 Å². The molecule has 5 nitrogen and oxygen atoms in total. The molecule has 1 saturated heterocycles. The van der Waals surface area contributed by atoms with Crippen molar-refractivity contribution >= 4 is 11.7 Å². The Hall–Kier alpha value is -1.72. The first-order valence-corrected chi connectivity index (χ1v) is 9.27. The van der Waals surface area contributed by atoms with Crippen molar-refractivity contribution < 1.29 is 14.4 Å². The van der Waals surface area contributed by atoms with Crippen molar-refractivity contribution in [2.45, 2.75) is 84.5 Å². The molecular weight excluding hydrogens is 328 g/mol. The minimum absolute atomic E-state index is 0.00916. The first-order valence-electron chi connectivity index (χ1n) is 9.27. The van der Waals surface area contributed by atoms with Crippen molar-refractivity contribution in [3.8, 4) is 0 Å². The van der Waals surface area contributed by atoms with Crippen LogP contribution in [0.2, 0.25) is 0 Å². The van der Waals surface area contributed by atoms with Gasteiger partial charge in [-0.15, -0.1) is 0 Å². The fourth-order valence-corrected chi connectivity index (χ4v) is 4.15. The molecule has 1 amide bonds. The Morgan fingerprint density at radius 1 is 1.08 bits per heavy atom. The van der Waals surface area contributed by atoms with Crippen LogP contribution in [0.4, 0.5) is 0 Å². The van der Waals surface area contributed by atoms with Crippen LogP contribution in [0.5, 0.6) is 0 Å². The summed E-state index contributed by atoms with van der Waals surface area (Å²) in [5.74, 6) is 0.0716. The molecule has 1 aromatic rings. The van der Waals surface area contributed by atoms with E-state index in [2.05, 4.69) is 38.1 Å². The molecule has 0 saturated carbocycles. The highest BCUT2D eigenvalue weighted by atomic mass is 16.7. The smallest absolute Gasteiger partial charge is 0.217 e. The fraction of sp³-hybridized carbons (Fsp3) is 0.619. The Balaban J connectivity index is 2.16. The molecular formula is C21H32N2O3. The first kappa shape index (κ1) is 20.6. The number of ketones is 1. The number of piperidine rings is 1. The summed E-state index contributed by atoms with van der Waals surface area (Å²) in [6, 6.07) is 7.73. The lowest BCUT2D eigenvalue weighted by Crippen LogP contribution is -2.64. The van der Waals surface area contributed by atoms with Gasteiger partial charge in [-0.3, -0.25) is 14.4 Å². The van der Waals surface area contributed by atoms with Gasteiger partial charge >= 0.3 is 0 Å². The summed E-state index contributed by atoms with van der Waals surface area (Å²) in [7, 11) is 0. The van der Waals surface area contributed by atoms with E-state index in [-0.39, 0.29) is 34.9 Å². The van der Waals surface area contributed by atoms with Crippen LogP contribution in [-0.2, 0) is 9.63 Å². The summed E-state index contributed by atoms with van der Waals surface area (Å²) in [5, 5.41) is 5.15. The van der Waals surface area contributed by atoms with Crippen molar-refractivity contribution in [1.29, 1.82) is 0 Å². The number of hydrogen-bond acceptors (Lipinski definition) is 4. The Bertz CT molecular complexity index is 646. The van der Waals surface area contributed by atoms with Crippen molar-refractivity contribution in [1.82, 2.24) is 10.4 Å². The Morgan fingerprint density at radius 2 is 1.58 bits per heavy atom. The standard InChI is InChI=1S/C21H32N2O3/c1-14(24)17-8-10-18(11-9-17)15(2)26-23-20(4,5)12-19(22-16(3)25)13-21(23,6)7/h8-11,15,19H,12-13H2,1-7H3,(H,22,25). The van der Waals surface area contributed by atoms with Gasteiger partial charge in [0, 0.05) is 29.6 Å². The molecule has 1 aromatic carbocycles. The fourth-order valence-electron chi connectivity index (χ4n) is 4.15. The number of carbonyl (C=O) groups excluding carboxylic acids is 2. The summed E-state index contributed by atoms with van der Waals surface area (Å²) >= 11 is 0. The predicted octanol–water partition coefficient (Wildman–Crippen LogP) is 4.04. The molecule has 1 N–H and O–H groups in total. The summed E-state index contributed by atoms with van der Waals surface area (Å²) in [6.07, 6.45) is 1.52. The van der Waals surface area contributed by atoms with E-state index in [1.807, 2.05) is 31.2 Å². The number of amides is 1. The number of nitrogens with one attached hydrogen (secondary N) is 1. The monoisotopic (exact) mass is 360 g/mol. The van der Waals surface area contributed by atoms with Crippen molar-refractivity contribution in [3.63, 3.8) is 0 Å². The molecule has 0 aromatic heterocycles. The van der Waals surface area contributed by atoms with Crippen LogP contribution < -0.4 is 5.32 Å².